The first-order valence-corrected chi connectivity index (χ1v) is 5.59. The molecule has 0 radical (unpaired) electrons. The number of hydrogen-bond acceptors (Lipinski definition) is 3. The summed E-state index contributed by atoms with van der Waals surface area (Å²) in [5.74, 6) is 0.172. The van der Waals surface area contributed by atoms with Crippen LogP contribution in [0.15, 0.2) is 30.3 Å². The molecule has 1 saturated heterocycles. The zero-order chi connectivity index (χ0) is 11.2. The molecule has 0 aliphatic carbocycles. The maximum Gasteiger partial charge on any atom is 0.158 e. The predicted molar refractivity (Wildman–Crippen MR) is 60.1 cm³/mol. The highest BCUT2D eigenvalue weighted by Crippen LogP contribution is 2.11. The third-order valence-electron chi connectivity index (χ3n) is 2.64. The van der Waals surface area contributed by atoms with E-state index in [0.29, 0.717) is 19.6 Å². The third-order valence-corrected chi connectivity index (χ3v) is 2.64. The van der Waals surface area contributed by atoms with Crippen molar-refractivity contribution < 1.29 is 14.3 Å². The highest BCUT2D eigenvalue weighted by atomic mass is 16.5. The highest BCUT2D eigenvalue weighted by molar-refractivity contribution is 5.79. The summed E-state index contributed by atoms with van der Waals surface area (Å²) in [6.07, 6.45) is 1.39. The van der Waals surface area contributed by atoms with Gasteiger partial charge in [-0.1, -0.05) is 30.3 Å². The van der Waals surface area contributed by atoms with Gasteiger partial charge in [-0.3, -0.25) is 4.79 Å². The Balaban J connectivity index is 1.79. The highest BCUT2D eigenvalue weighted by Gasteiger charge is 2.17. The Morgan fingerprint density at radius 2 is 2.12 bits per heavy atom. The first kappa shape index (κ1) is 11.3. The molecule has 0 saturated carbocycles. The zero-order valence-electron chi connectivity index (χ0n) is 9.22. The molecule has 1 unspecified atom stereocenters. The molecule has 1 aromatic carbocycles. The molecule has 2 rings (SSSR count). The van der Waals surface area contributed by atoms with Gasteiger partial charge in [-0.15, -0.1) is 0 Å². The van der Waals surface area contributed by atoms with Crippen molar-refractivity contribution in [3.05, 3.63) is 35.9 Å². The van der Waals surface area contributed by atoms with E-state index in [1.165, 1.54) is 0 Å². The summed E-state index contributed by atoms with van der Waals surface area (Å²) in [6.45, 7) is 1.35. The molecule has 0 N–H and O–H groups in total. The number of Topliss-reactive ketones (excluding diaryl/α,β-unsaturated/α-hetero) is 1. The minimum absolute atomic E-state index is 0.0478. The Labute approximate surface area is 95.4 Å². The lowest BCUT2D eigenvalue weighted by Gasteiger charge is -2.14. The zero-order valence-corrected chi connectivity index (χ0v) is 9.22. The molecule has 3 nitrogen and oxygen atoms in total. The van der Waals surface area contributed by atoms with Crippen LogP contribution in [0.5, 0.6) is 0 Å². The van der Waals surface area contributed by atoms with Gasteiger partial charge >= 0.3 is 0 Å². The lowest BCUT2D eigenvalue weighted by Crippen LogP contribution is -2.17. The molecule has 16 heavy (non-hydrogen) atoms. The van der Waals surface area contributed by atoms with Crippen molar-refractivity contribution in [2.24, 2.45) is 0 Å². The monoisotopic (exact) mass is 220 g/mol. The number of benzene rings is 1. The number of ketones is 1. The standard InChI is InChI=1S/C13H16O3/c14-12-6-7-13(10-15-9-12)16-8-11-4-2-1-3-5-11/h1-5,13H,6-10H2. The maximum atomic E-state index is 11.1. The van der Waals surface area contributed by atoms with E-state index in [4.69, 9.17) is 9.47 Å². The predicted octanol–water partition coefficient (Wildman–Crippen LogP) is 1.95. The lowest BCUT2D eigenvalue weighted by molar-refractivity contribution is -0.122. The normalized spacial score (nSPS) is 21.8. The Bertz CT molecular complexity index is 334. The van der Waals surface area contributed by atoms with Crippen molar-refractivity contribution in [2.45, 2.75) is 25.6 Å². The van der Waals surface area contributed by atoms with Crippen LogP contribution in [0.3, 0.4) is 0 Å². The molecule has 3 heteroatoms. The lowest BCUT2D eigenvalue weighted by atomic mass is 10.1. The number of carbonyl (C=O) groups is 1. The van der Waals surface area contributed by atoms with Gasteiger partial charge in [0.2, 0.25) is 0 Å². The van der Waals surface area contributed by atoms with Crippen molar-refractivity contribution in [1.29, 1.82) is 0 Å². The van der Waals surface area contributed by atoms with Gasteiger partial charge in [-0.05, 0) is 12.0 Å². The summed E-state index contributed by atoms with van der Waals surface area (Å²) < 4.78 is 11.0. The average molecular weight is 220 g/mol. The molecule has 0 aromatic heterocycles. The summed E-state index contributed by atoms with van der Waals surface area (Å²) in [7, 11) is 0. The van der Waals surface area contributed by atoms with Gasteiger partial charge in [0.05, 0.1) is 19.3 Å². The van der Waals surface area contributed by atoms with Crippen molar-refractivity contribution in [3.63, 3.8) is 0 Å². The quantitative estimate of drug-likeness (QED) is 0.781. The second kappa shape index (κ2) is 5.77. The fourth-order valence-corrected chi connectivity index (χ4v) is 1.70. The molecule has 86 valence electrons. The number of rotatable bonds is 3. The van der Waals surface area contributed by atoms with Crippen molar-refractivity contribution in [2.75, 3.05) is 13.2 Å². The molecular formula is C13H16O3. The van der Waals surface area contributed by atoms with Crippen LogP contribution in [0.4, 0.5) is 0 Å². The maximum absolute atomic E-state index is 11.1. The van der Waals surface area contributed by atoms with E-state index in [0.717, 1.165) is 12.0 Å². The molecule has 1 fully saturated rings. The van der Waals surface area contributed by atoms with Gasteiger partial charge in [-0.2, -0.15) is 0 Å². The fourth-order valence-electron chi connectivity index (χ4n) is 1.70. The molecular weight excluding hydrogens is 204 g/mol. The van der Waals surface area contributed by atoms with E-state index in [2.05, 4.69) is 0 Å². The Morgan fingerprint density at radius 3 is 2.94 bits per heavy atom. The Morgan fingerprint density at radius 1 is 1.31 bits per heavy atom. The average Bonchev–Trinajstić information content (AvgIpc) is 2.53. The molecule has 1 atom stereocenters. The largest absolute Gasteiger partial charge is 0.371 e. The summed E-state index contributed by atoms with van der Waals surface area (Å²) >= 11 is 0. The molecule has 0 bridgehead atoms. The summed E-state index contributed by atoms with van der Waals surface area (Å²) in [6, 6.07) is 10.0. The summed E-state index contributed by atoms with van der Waals surface area (Å²) in [5, 5.41) is 0. The Kier molecular flexibility index (Phi) is 4.08. The molecule has 1 aliphatic rings. The molecule has 1 aliphatic heterocycles. The van der Waals surface area contributed by atoms with E-state index in [1.54, 1.807) is 0 Å². The fraction of sp³-hybridized carbons (Fsp3) is 0.462. The summed E-state index contributed by atoms with van der Waals surface area (Å²) in [5.41, 5.74) is 1.15. The van der Waals surface area contributed by atoms with Crippen LogP contribution in [0.1, 0.15) is 18.4 Å². The van der Waals surface area contributed by atoms with E-state index in [-0.39, 0.29) is 18.5 Å². The minimum Gasteiger partial charge on any atom is -0.371 e. The van der Waals surface area contributed by atoms with Gasteiger partial charge < -0.3 is 9.47 Å². The van der Waals surface area contributed by atoms with Gasteiger partial charge in [0.15, 0.2) is 5.78 Å². The van der Waals surface area contributed by atoms with Gasteiger partial charge in [0.1, 0.15) is 6.61 Å². The van der Waals surface area contributed by atoms with Crippen LogP contribution in [-0.4, -0.2) is 25.1 Å². The smallest absolute Gasteiger partial charge is 0.158 e. The SMILES string of the molecule is O=C1CCC(OCc2ccccc2)COC1. The second-order valence-electron chi connectivity index (χ2n) is 4.01. The van der Waals surface area contributed by atoms with Crippen LogP contribution in [0, 0.1) is 0 Å². The van der Waals surface area contributed by atoms with Crippen LogP contribution >= 0.6 is 0 Å². The van der Waals surface area contributed by atoms with E-state index >= 15 is 0 Å². The van der Waals surface area contributed by atoms with E-state index < -0.39 is 0 Å². The third kappa shape index (κ3) is 3.43. The number of hydrogen-bond donors (Lipinski definition) is 0. The molecule has 1 heterocycles. The molecule has 0 spiro atoms. The topological polar surface area (TPSA) is 35.5 Å². The summed E-state index contributed by atoms with van der Waals surface area (Å²) in [4.78, 5) is 11.1. The van der Waals surface area contributed by atoms with Crippen LogP contribution in [0.2, 0.25) is 0 Å². The second-order valence-corrected chi connectivity index (χ2v) is 4.01. The van der Waals surface area contributed by atoms with Crippen molar-refractivity contribution in [3.8, 4) is 0 Å². The molecule has 1 aromatic rings. The van der Waals surface area contributed by atoms with Crippen molar-refractivity contribution >= 4 is 5.78 Å². The van der Waals surface area contributed by atoms with Crippen LogP contribution < -0.4 is 0 Å². The van der Waals surface area contributed by atoms with Crippen molar-refractivity contribution in [1.82, 2.24) is 0 Å². The van der Waals surface area contributed by atoms with E-state index in [1.807, 2.05) is 30.3 Å². The van der Waals surface area contributed by atoms with Gasteiger partial charge in [-0.25, -0.2) is 0 Å². The van der Waals surface area contributed by atoms with Gasteiger partial charge in [0, 0.05) is 6.42 Å². The first-order valence-electron chi connectivity index (χ1n) is 5.59. The Hall–Kier alpha value is -1.19. The van der Waals surface area contributed by atoms with Crippen LogP contribution in [-0.2, 0) is 20.9 Å². The first-order chi connectivity index (χ1) is 7.84. The number of ether oxygens (including phenoxy) is 2. The minimum atomic E-state index is 0.0478. The molecule has 0 amide bonds. The number of carbonyl (C=O) groups excluding carboxylic acids is 1. The van der Waals surface area contributed by atoms with E-state index in [9.17, 15) is 4.79 Å². The van der Waals surface area contributed by atoms with Gasteiger partial charge in [0.25, 0.3) is 0 Å². The van der Waals surface area contributed by atoms with Crippen LogP contribution in [0.25, 0.3) is 0 Å².